The number of nitriles is 2. The molecule has 0 saturated heterocycles. The summed E-state index contributed by atoms with van der Waals surface area (Å²) < 4.78 is 10.0. The molecule has 0 N–H and O–H groups in total. The lowest BCUT2D eigenvalue weighted by atomic mass is 10.3. The zero-order valence-corrected chi connectivity index (χ0v) is 14.7. The minimum absolute atomic E-state index is 0.128. The number of ether oxygens (including phenoxy) is 2. The van der Waals surface area contributed by atoms with Gasteiger partial charge in [0.25, 0.3) is 5.91 Å². The zero-order chi connectivity index (χ0) is 18.7. The van der Waals surface area contributed by atoms with E-state index in [4.69, 9.17) is 43.2 Å². The highest BCUT2D eigenvalue weighted by atomic mass is 35.5. The Hall–Kier alpha value is -2.48. The molecule has 1 rings (SSSR count). The Morgan fingerprint density at radius 2 is 1.72 bits per heavy atom. The highest BCUT2D eigenvalue weighted by Crippen LogP contribution is 2.27. The zero-order valence-electron chi connectivity index (χ0n) is 13.2. The van der Waals surface area contributed by atoms with Crippen molar-refractivity contribution >= 4 is 35.1 Å². The van der Waals surface area contributed by atoms with E-state index in [1.165, 1.54) is 17.0 Å². The lowest BCUT2D eigenvalue weighted by molar-refractivity contribution is -0.153. The van der Waals surface area contributed by atoms with Gasteiger partial charge >= 0.3 is 5.97 Å². The van der Waals surface area contributed by atoms with Gasteiger partial charge in [-0.15, -0.1) is 0 Å². The van der Waals surface area contributed by atoms with Crippen molar-refractivity contribution in [3.63, 3.8) is 0 Å². The Morgan fingerprint density at radius 3 is 2.28 bits per heavy atom. The van der Waals surface area contributed by atoms with E-state index in [0.717, 1.165) is 0 Å². The monoisotopic (exact) mass is 383 g/mol. The summed E-state index contributed by atoms with van der Waals surface area (Å²) in [5.41, 5.74) is 0. The molecule has 0 aromatic heterocycles. The van der Waals surface area contributed by atoms with E-state index in [1.54, 1.807) is 6.07 Å². The van der Waals surface area contributed by atoms with Crippen molar-refractivity contribution in [2.75, 3.05) is 26.3 Å². The lowest BCUT2D eigenvalue weighted by Gasteiger charge is -2.20. The summed E-state index contributed by atoms with van der Waals surface area (Å²) in [7, 11) is 0. The van der Waals surface area contributed by atoms with Crippen molar-refractivity contribution in [3.05, 3.63) is 28.2 Å². The van der Waals surface area contributed by atoms with E-state index in [2.05, 4.69) is 0 Å². The molecule has 0 unspecified atom stereocenters. The predicted octanol–water partition coefficient (Wildman–Crippen LogP) is 2.57. The first kappa shape index (κ1) is 20.6. The number of hydrogen-bond donors (Lipinski definition) is 0. The van der Waals surface area contributed by atoms with Crippen molar-refractivity contribution in [2.24, 2.45) is 0 Å². The Kier molecular flexibility index (Phi) is 9.16. The smallest absolute Gasteiger partial charge is 0.344 e. The van der Waals surface area contributed by atoms with E-state index in [1.807, 2.05) is 12.1 Å². The van der Waals surface area contributed by atoms with Gasteiger partial charge in [-0.2, -0.15) is 10.5 Å². The molecule has 0 fully saturated rings. The Balaban J connectivity index is 2.44. The largest absolute Gasteiger partial charge is 0.480 e. The van der Waals surface area contributed by atoms with E-state index in [-0.39, 0.29) is 36.7 Å². The van der Waals surface area contributed by atoms with Gasteiger partial charge in [0.15, 0.2) is 13.2 Å². The van der Waals surface area contributed by atoms with Crippen LogP contribution in [0.1, 0.15) is 12.8 Å². The molecule has 1 amide bonds. The van der Waals surface area contributed by atoms with Crippen LogP contribution < -0.4 is 4.74 Å². The van der Waals surface area contributed by atoms with Gasteiger partial charge in [-0.3, -0.25) is 4.79 Å². The molecule has 1 aromatic rings. The van der Waals surface area contributed by atoms with E-state index in [9.17, 15) is 9.59 Å². The fourth-order valence-corrected chi connectivity index (χ4v) is 2.20. The molecule has 132 valence electrons. The van der Waals surface area contributed by atoms with Gasteiger partial charge in [0.05, 0.1) is 30.0 Å². The first-order valence-electron chi connectivity index (χ1n) is 7.23. The number of halogens is 2. The van der Waals surface area contributed by atoms with Crippen LogP contribution in [0.3, 0.4) is 0 Å². The number of carbonyl (C=O) groups excluding carboxylic acids is 2. The van der Waals surface area contributed by atoms with Gasteiger partial charge in [0.2, 0.25) is 0 Å². The quantitative estimate of drug-likeness (QED) is 0.606. The van der Waals surface area contributed by atoms with Crippen molar-refractivity contribution in [3.8, 4) is 17.9 Å². The fraction of sp³-hybridized carbons (Fsp3) is 0.375. The highest BCUT2D eigenvalue weighted by Gasteiger charge is 2.16. The number of rotatable bonds is 9. The SMILES string of the molecule is N#CCCN(CCC#N)C(=O)COC(=O)COc1ccc(Cl)cc1Cl. The second-order valence-electron chi connectivity index (χ2n) is 4.72. The number of carbonyl (C=O) groups is 2. The van der Waals surface area contributed by atoms with Crippen LogP contribution in [-0.4, -0.2) is 43.1 Å². The second-order valence-corrected chi connectivity index (χ2v) is 5.56. The maximum Gasteiger partial charge on any atom is 0.344 e. The number of nitrogens with zero attached hydrogens (tertiary/aromatic N) is 3. The molecule has 0 radical (unpaired) electrons. The van der Waals surface area contributed by atoms with Crippen LogP contribution in [0.4, 0.5) is 0 Å². The fourth-order valence-electron chi connectivity index (χ4n) is 1.74. The van der Waals surface area contributed by atoms with Crippen LogP contribution >= 0.6 is 23.2 Å². The molecule has 0 saturated carbocycles. The summed E-state index contributed by atoms with van der Waals surface area (Å²) in [6, 6.07) is 8.36. The van der Waals surface area contributed by atoms with Gasteiger partial charge in [0, 0.05) is 18.1 Å². The molecule has 0 bridgehead atoms. The Morgan fingerprint density at radius 1 is 1.08 bits per heavy atom. The van der Waals surface area contributed by atoms with Crippen molar-refractivity contribution in [1.29, 1.82) is 10.5 Å². The molecular weight excluding hydrogens is 369 g/mol. The van der Waals surface area contributed by atoms with Gasteiger partial charge in [-0.1, -0.05) is 23.2 Å². The van der Waals surface area contributed by atoms with Crippen molar-refractivity contribution in [1.82, 2.24) is 4.90 Å². The molecule has 1 aromatic carbocycles. The van der Waals surface area contributed by atoms with Gasteiger partial charge < -0.3 is 14.4 Å². The minimum Gasteiger partial charge on any atom is -0.480 e. The van der Waals surface area contributed by atoms with Crippen LogP contribution in [0.5, 0.6) is 5.75 Å². The Labute approximate surface area is 155 Å². The Bertz CT molecular complexity index is 680. The first-order chi connectivity index (χ1) is 12.0. The molecular formula is C16H15Cl2N3O4. The summed E-state index contributed by atoms with van der Waals surface area (Å²) >= 11 is 11.7. The summed E-state index contributed by atoms with van der Waals surface area (Å²) in [6.07, 6.45) is 0.257. The molecule has 0 aliphatic heterocycles. The predicted molar refractivity (Wildman–Crippen MR) is 90.0 cm³/mol. The summed E-state index contributed by atoms with van der Waals surface area (Å²) in [4.78, 5) is 24.9. The average molecular weight is 384 g/mol. The summed E-state index contributed by atoms with van der Waals surface area (Å²) in [5.74, 6) is -0.970. The van der Waals surface area contributed by atoms with E-state index < -0.39 is 25.1 Å². The molecule has 9 heteroatoms. The molecule has 0 heterocycles. The van der Waals surface area contributed by atoms with Crippen LogP contribution in [0.2, 0.25) is 10.0 Å². The van der Waals surface area contributed by atoms with Crippen molar-refractivity contribution in [2.45, 2.75) is 12.8 Å². The van der Waals surface area contributed by atoms with Crippen LogP contribution in [0, 0.1) is 22.7 Å². The highest BCUT2D eigenvalue weighted by molar-refractivity contribution is 6.35. The number of benzene rings is 1. The molecule has 25 heavy (non-hydrogen) atoms. The third kappa shape index (κ3) is 7.75. The molecule has 0 spiro atoms. The number of hydrogen-bond acceptors (Lipinski definition) is 6. The molecule has 7 nitrogen and oxygen atoms in total. The van der Waals surface area contributed by atoms with Gasteiger partial charge in [-0.05, 0) is 18.2 Å². The standard InChI is InChI=1S/C16H15Cl2N3O4/c17-12-3-4-14(13(18)9-12)24-11-16(23)25-10-15(22)21(7-1-5-19)8-2-6-20/h3-4,9H,1-2,7-8,10-11H2. The molecule has 0 aliphatic carbocycles. The molecule has 0 aliphatic rings. The topological polar surface area (TPSA) is 103 Å². The molecule has 0 atom stereocenters. The number of esters is 1. The minimum atomic E-state index is -0.750. The van der Waals surface area contributed by atoms with E-state index >= 15 is 0 Å². The first-order valence-corrected chi connectivity index (χ1v) is 7.98. The van der Waals surface area contributed by atoms with Crippen LogP contribution in [0.25, 0.3) is 0 Å². The van der Waals surface area contributed by atoms with E-state index in [0.29, 0.717) is 5.02 Å². The lowest BCUT2D eigenvalue weighted by Crippen LogP contribution is -2.36. The van der Waals surface area contributed by atoms with Crippen LogP contribution in [0.15, 0.2) is 18.2 Å². The maximum absolute atomic E-state index is 12.0. The van der Waals surface area contributed by atoms with Gasteiger partial charge in [-0.25, -0.2) is 4.79 Å². The third-order valence-corrected chi connectivity index (χ3v) is 3.47. The summed E-state index contributed by atoms with van der Waals surface area (Å²) in [5, 5.41) is 17.8. The maximum atomic E-state index is 12.0. The number of amides is 1. The average Bonchev–Trinajstić information content (AvgIpc) is 2.59. The third-order valence-electron chi connectivity index (χ3n) is 2.94. The summed E-state index contributed by atoms with van der Waals surface area (Å²) in [6.45, 7) is -0.574. The van der Waals surface area contributed by atoms with Gasteiger partial charge in [0.1, 0.15) is 5.75 Å². The van der Waals surface area contributed by atoms with Crippen molar-refractivity contribution < 1.29 is 19.1 Å². The van der Waals surface area contributed by atoms with Crippen LogP contribution in [-0.2, 0) is 14.3 Å². The second kappa shape index (κ2) is 11.1. The normalized spacial score (nSPS) is 9.60.